The van der Waals surface area contributed by atoms with Crippen molar-refractivity contribution in [1.29, 1.82) is 0 Å². The van der Waals surface area contributed by atoms with E-state index in [4.69, 9.17) is 11.6 Å². The van der Waals surface area contributed by atoms with Gasteiger partial charge in [0.15, 0.2) is 0 Å². The average molecular weight is 348 g/mol. The molecular weight excluding hydrogens is 333 g/mol. The lowest BCUT2D eigenvalue weighted by atomic mass is 10.1. The summed E-state index contributed by atoms with van der Waals surface area (Å²) >= 11 is 5.73. The van der Waals surface area contributed by atoms with Gasteiger partial charge >= 0.3 is 0 Å². The molecule has 0 aliphatic carbocycles. The number of aromatic nitrogens is 1. The van der Waals surface area contributed by atoms with Gasteiger partial charge in [-0.3, -0.25) is 14.6 Å². The number of halogens is 2. The summed E-state index contributed by atoms with van der Waals surface area (Å²) in [6.45, 7) is 0.591. The molecule has 1 aromatic carbocycles. The number of benzene rings is 1. The molecule has 2 heterocycles. The highest BCUT2D eigenvalue weighted by atomic mass is 35.5. The molecule has 1 saturated heterocycles. The van der Waals surface area contributed by atoms with E-state index in [-0.39, 0.29) is 16.6 Å². The summed E-state index contributed by atoms with van der Waals surface area (Å²) < 4.78 is 14.0. The van der Waals surface area contributed by atoms with Gasteiger partial charge in [-0.25, -0.2) is 4.39 Å². The molecule has 7 heteroatoms. The van der Waals surface area contributed by atoms with E-state index in [1.807, 2.05) is 6.07 Å². The molecule has 124 valence electrons. The molecule has 0 spiro atoms. The van der Waals surface area contributed by atoms with Crippen molar-refractivity contribution in [2.45, 2.75) is 13.0 Å². The Hall–Kier alpha value is -2.47. The lowest BCUT2D eigenvalue weighted by Crippen LogP contribution is -2.36. The van der Waals surface area contributed by atoms with Crippen molar-refractivity contribution in [3.8, 4) is 0 Å². The Bertz CT molecular complexity index is 770. The number of carbonyl (C=O) groups excluding carboxylic acids is 2. The van der Waals surface area contributed by atoms with Gasteiger partial charge in [0.05, 0.1) is 5.69 Å². The molecule has 3 rings (SSSR count). The lowest BCUT2D eigenvalue weighted by Gasteiger charge is -2.17. The molecule has 0 saturated carbocycles. The number of pyridine rings is 1. The minimum Gasteiger partial charge on any atom is -0.351 e. The van der Waals surface area contributed by atoms with Crippen LogP contribution in [-0.2, 0) is 16.1 Å². The van der Waals surface area contributed by atoms with Crippen LogP contribution in [0.25, 0.3) is 0 Å². The molecular formula is C17H15ClFN3O2. The van der Waals surface area contributed by atoms with E-state index >= 15 is 0 Å². The number of hydrogen-bond donors (Lipinski definition) is 1. The SMILES string of the molecule is O=C(NCc1cccnc1)[C@H]1CCN(c2ccc(Cl)cc2F)C1=O. The Morgan fingerprint density at radius 1 is 1.42 bits per heavy atom. The number of amides is 2. The van der Waals surface area contributed by atoms with Crippen LogP contribution >= 0.6 is 11.6 Å². The molecule has 24 heavy (non-hydrogen) atoms. The first-order valence-electron chi connectivity index (χ1n) is 7.49. The average Bonchev–Trinajstić information content (AvgIpc) is 2.95. The summed E-state index contributed by atoms with van der Waals surface area (Å²) in [6.07, 6.45) is 3.64. The Labute approximate surface area is 143 Å². The zero-order valence-corrected chi connectivity index (χ0v) is 13.5. The van der Waals surface area contributed by atoms with E-state index in [0.29, 0.717) is 19.5 Å². The van der Waals surface area contributed by atoms with Crippen molar-refractivity contribution in [1.82, 2.24) is 10.3 Å². The zero-order chi connectivity index (χ0) is 17.1. The third kappa shape index (κ3) is 3.38. The van der Waals surface area contributed by atoms with E-state index in [1.165, 1.54) is 17.0 Å². The van der Waals surface area contributed by atoms with Crippen molar-refractivity contribution >= 4 is 29.1 Å². The molecule has 1 fully saturated rings. The third-order valence-corrected chi connectivity index (χ3v) is 4.15. The topological polar surface area (TPSA) is 62.3 Å². The molecule has 2 aromatic rings. The van der Waals surface area contributed by atoms with Crippen molar-refractivity contribution < 1.29 is 14.0 Å². The fourth-order valence-electron chi connectivity index (χ4n) is 2.68. The summed E-state index contributed by atoms with van der Waals surface area (Å²) in [5.41, 5.74) is 0.990. The number of rotatable bonds is 4. The Morgan fingerprint density at radius 2 is 2.25 bits per heavy atom. The summed E-state index contributed by atoms with van der Waals surface area (Å²) in [5.74, 6) is -2.15. The molecule has 0 radical (unpaired) electrons. The molecule has 5 nitrogen and oxygen atoms in total. The van der Waals surface area contributed by atoms with Crippen molar-refractivity contribution in [2.24, 2.45) is 5.92 Å². The Balaban J connectivity index is 1.66. The van der Waals surface area contributed by atoms with Gasteiger partial charge in [-0.05, 0) is 36.2 Å². The van der Waals surface area contributed by atoms with Crippen molar-refractivity contribution in [3.05, 3.63) is 59.1 Å². The molecule has 1 atom stereocenters. The maximum atomic E-state index is 14.0. The number of anilines is 1. The summed E-state index contributed by atoms with van der Waals surface area (Å²) in [4.78, 5) is 30.0. The van der Waals surface area contributed by atoms with Gasteiger partial charge in [0.1, 0.15) is 11.7 Å². The Morgan fingerprint density at radius 3 is 2.96 bits per heavy atom. The number of hydrogen-bond acceptors (Lipinski definition) is 3. The standard InChI is InChI=1S/C17H15ClFN3O2/c18-12-3-4-15(14(19)8-12)22-7-5-13(17(22)24)16(23)21-10-11-2-1-6-20-9-11/h1-4,6,8-9,13H,5,7,10H2,(H,21,23)/t13-/m1/s1. The summed E-state index contributed by atoms with van der Waals surface area (Å²) in [5, 5.41) is 2.98. The van der Waals surface area contributed by atoms with Crippen LogP contribution in [0.2, 0.25) is 5.02 Å². The van der Waals surface area contributed by atoms with Crippen LogP contribution in [0, 0.1) is 11.7 Å². The molecule has 1 aliphatic heterocycles. The molecule has 1 N–H and O–H groups in total. The largest absolute Gasteiger partial charge is 0.351 e. The van der Waals surface area contributed by atoms with Crippen LogP contribution in [0.3, 0.4) is 0 Å². The second-order valence-corrected chi connectivity index (χ2v) is 5.94. The van der Waals surface area contributed by atoms with Gasteiger partial charge in [0.2, 0.25) is 11.8 Å². The first-order chi connectivity index (χ1) is 11.6. The lowest BCUT2D eigenvalue weighted by molar-refractivity contribution is -0.132. The molecule has 2 amide bonds. The van der Waals surface area contributed by atoms with Crippen LogP contribution in [0.1, 0.15) is 12.0 Å². The quantitative estimate of drug-likeness (QED) is 0.864. The summed E-state index contributed by atoms with van der Waals surface area (Å²) in [7, 11) is 0. The molecule has 0 bridgehead atoms. The van der Waals surface area contributed by atoms with E-state index < -0.39 is 17.6 Å². The second-order valence-electron chi connectivity index (χ2n) is 5.51. The normalized spacial score (nSPS) is 17.2. The number of nitrogens with zero attached hydrogens (tertiary/aromatic N) is 2. The van der Waals surface area contributed by atoms with Crippen LogP contribution < -0.4 is 10.2 Å². The van der Waals surface area contributed by atoms with E-state index in [2.05, 4.69) is 10.3 Å². The van der Waals surface area contributed by atoms with Crippen LogP contribution in [0.4, 0.5) is 10.1 Å². The minimum absolute atomic E-state index is 0.145. The van der Waals surface area contributed by atoms with Gasteiger partial charge in [0, 0.05) is 30.5 Å². The van der Waals surface area contributed by atoms with Crippen LogP contribution in [0.15, 0.2) is 42.7 Å². The van der Waals surface area contributed by atoms with Crippen molar-refractivity contribution in [3.63, 3.8) is 0 Å². The fraction of sp³-hybridized carbons (Fsp3) is 0.235. The number of nitrogens with one attached hydrogen (secondary N) is 1. The predicted octanol–water partition coefficient (Wildman–Crippen LogP) is 2.54. The van der Waals surface area contributed by atoms with Gasteiger partial charge < -0.3 is 10.2 Å². The highest BCUT2D eigenvalue weighted by molar-refractivity contribution is 6.30. The van der Waals surface area contributed by atoms with Gasteiger partial charge in [0.25, 0.3) is 0 Å². The minimum atomic E-state index is -0.809. The van der Waals surface area contributed by atoms with Crippen LogP contribution in [0.5, 0.6) is 0 Å². The molecule has 1 aromatic heterocycles. The zero-order valence-electron chi connectivity index (χ0n) is 12.7. The molecule has 0 unspecified atom stereocenters. The van der Waals surface area contributed by atoms with Gasteiger partial charge in [-0.2, -0.15) is 0 Å². The Kier molecular flexibility index (Phi) is 4.76. The first-order valence-corrected chi connectivity index (χ1v) is 7.87. The van der Waals surface area contributed by atoms with Crippen molar-refractivity contribution in [2.75, 3.05) is 11.4 Å². The predicted molar refractivity (Wildman–Crippen MR) is 88.0 cm³/mol. The van der Waals surface area contributed by atoms with E-state index in [1.54, 1.807) is 18.5 Å². The van der Waals surface area contributed by atoms with Crippen LogP contribution in [-0.4, -0.2) is 23.3 Å². The second kappa shape index (κ2) is 6.97. The molecule has 1 aliphatic rings. The van der Waals surface area contributed by atoms with Gasteiger partial charge in [-0.1, -0.05) is 17.7 Å². The number of carbonyl (C=O) groups is 2. The fourth-order valence-corrected chi connectivity index (χ4v) is 2.84. The monoisotopic (exact) mass is 347 g/mol. The van der Waals surface area contributed by atoms with E-state index in [0.717, 1.165) is 11.6 Å². The van der Waals surface area contributed by atoms with Gasteiger partial charge in [-0.15, -0.1) is 0 Å². The maximum absolute atomic E-state index is 14.0. The smallest absolute Gasteiger partial charge is 0.239 e. The highest BCUT2D eigenvalue weighted by Crippen LogP contribution is 2.29. The highest BCUT2D eigenvalue weighted by Gasteiger charge is 2.38. The first kappa shape index (κ1) is 16.4. The third-order valence-electron chi connectivity index (χ3n) is 3.91. The van der Waals surface area contributed by atoms with E-state index in [9.17, 15) is 14.0 Å². The summed E-state index contributed by atoms with van der Waals surface area (Å²) in [6, 6.07) is 7.72. The maximum Gasteiger partial charge on any atom is 0.239 e.